The molecule has 0 aliphatic carbocycles. The summed E-state index contributed by atoms with van der Waals surface area (Å²) >= 11 is 5.92. The maximum absolute atomic E-state index is 14.4. The minimum atomic E-state index is -0.946. The van der Waals surface area contributed by atoms with Gasteiger partial charge in [0.2, 0.25) is 0 Å². The van der Waals surface area contributed by atoms with Crippen molar-refractivity contribution in [3.05, 3.63) is 94.0 Å². The van der Waals surface area contributed by atoms with E-state index in [0.717, 1.165) is 54.3 Å². The van der Waals surface area contributed by atoms with E-state index in [1.165, 1.54) is 6.07 Å². The molecule has 7 nitrogen and oxygen atoms in total. The van der Waals surface area contributed by atoms with Crippen LogP contribution in [0.15, 0.2) is 60.7 Å². The number of carboxylic acid groups (broad SMARTS) is 1. The number of aromatic carboxylic acids is 1. The number of aromatic nitrogens is 2. The van der Waals surface area contributed by atoms with E-state index < -0.39 is 5.97 Å². The first-order valence-electron chi connectivity index (χ1n) is 14.5. The smallest absolute Gasteiger partial charge is 0.335 e. The van der Waals surface area contributed by atoms with Crippen molar-refractivity contribution in [2.24, 2.45) is 11.8 Å². The van der Waals surface area contributed by atoms with Crippen molar-refractivity contribution in [2.75, 3.05) is 19.7 Å². The van der Waals surface area contributed by atoms with Crippen LogP contribution >= 0.6 is 11.6 Å². The summed E-state index contributed by atoms with van der Waals surface area (Å²) < 4.78 is 28.4. The standard InChI is InChI=1S/C33H35ClFN3O4/c1-20-15-37(18-31-36-28-10-8-22(33(39)40)13-29(28)38(31)17-25-11-12-41-25)16-21(2)32(20)26-5-3-4-6-30(26)42-19-23-7-9-24(34)14-27(23)35/h3-10,13-14,20-21,25,32H,11-12,15-19H2,1-2H3,(H,39,40)/t20?,21?,25-,32?/m0/s1. The van der Waals surface area contributed by atoms with Gasteiger partial charge < -0.3 is 19.1 Å². The van der Waals surface area contributed by atoms with Gasteiger partial charge in [0, 0.05) is 30.3 Å². The van der Waals surface area contributed by atoms with Crippen LogP contribution in [0.3, 0.4) is 0 Å². The molecular formula is C33H35ClFN3O4. The van der Waals surface area contributed by atoms with E-state index in [1.807, 2.05) is 18.2 Å². The molecule has 4 aromatic rings. The Morgan fingerprint density at radius 2 is 1.88 bits per heavy atom. The molecule has 0 spiro atoms. The van der Waals surface area contributed by atoms with E-state index in [0.29, 0.717) is 35.5 Å². The summed E-state index contributed by atoms with van der Waals surface area (Å²) in [7, 11) is 0. The number of halogens is 2. The number of benzene rings is 3. The summed E-state index contributed by atoms with van der Waals surface area (Å²) in [6, 6.07) is 17.9. The molecule has 2 aliphatic rings. The zero-order valence-corrected chi connectivity index (χ0v) is 24.6. The third-order valence-electron chi connectivity index (χ3n) is 8.61. The highest BCUT2D eigenvalue weighted by molar-refractivity contribution is 6.30. The molecule has 3 aromatic carbocycles. The largest absolute Gasteiger partial charge is 0.489 e. The van der Waals surface area contributed by atoms with Crippen molar-refractivity contribution < 1.29 is 23.8 Å². The Labute approximate surface area is 249 Å². The summed E-state index contributed by atoms with van der Waals surface area (Å²) in [6.45, 7) is 8.51. The van der Waals surface area contributed by atoms with Crippen molar-refractivity contribution in [1.82, 2.24) is 14.5 Å². The lowest BCUT2D eigenvalue weighted by Gasteiger charge is -2.42. The predicted molar refractivity (Wildman–Crippen MR) is 160 cm³/mol. The molecule has 1 N–H and O–H groups in total. The summed E-state index contributed by atoms with van der Waals surface area (Å²) in [5, 5.41) is 9.92. The van der Waals surface area contributed by atoms with Gasteiger partial charge in [0.05, 0.1) is 35.8 Å². The molecule has 0 bridgehead atoms. The maximum Gasteiger partial charge on any atom is 0.335 e. The molecule has 1 aromatic heterocycles. The molecule has 9 heteroatoms. The fourth-order valence-corrected chi connectivity index (χ4v) is 6.72. The van der Waals surface area contributed by atoms with Crippen molar-refractivity contribution in [3.63, 3.8) is 0 Å². The number of imidazole rings is 1. The summed E-state index contributed by atoms with van der Waals surface area (Å²) in [5.74, 6) is 1.32. The normalized spacial score (nSPS) is 22.7. The predicted octanol–water partition coefficient (Wildman–Crippen LogP) is 6.77. The highest BCUT2D eigenvalue weighted by Crippen LogP contribution is 2.41. The second kappa shape index (κ2) is 12.0. The highest BCUT2D eigenvalue weighted by Gasteiger charge is 2.35. The average molecular weight is 592 g/mol. The van der Waals surface area contributed by atoms with Crippen LogP contribution in [0, 0.1) is 17.7 Å². The zero-order chi connectivity index (χ0) is 29.4. The third-order valence-corrected chi connectivity index (χ3v) is 8.85. The van der Waals surface area contributed by atoms with Gasteiger partial charge in [-0.1, -0.05) is 49.7 Å². The molecule has 3 heterocycles. The van der Waals surface area contributed by atoms with Crippen LogP contribution in [0.4, 0.5) is 4.39 Å². The van der Waals surface area contributed by atoms with Gasteiger partial charge in [-0.3, -0.25) is 4.90 Å². The van der Waals surface area contributed by atoms with Gasteiger partial charge in [0.15, 0.2) is 0 Å². The van der Waals surface area contributed by atoms with E-state index in [2.05, 4.69) is 29.4 Å². The Kier molecular flexibility index (Phi) is 8.21. The molecule has 6 rings (SSSR count). The van der Waals surface area contributed by atoms with Crippen LogP contribution < -0.4 is 4.74 Å². The molecular weight excluding hydrogens is 557 g/mol. The molecule has 0 saturated carbocycles. The number of piperidine rings is 1. The molecule has 2 aliphatic heterocycles. The van der Waals surface area contributed by atoms with Gasteiger partial charge in [0.25, 0.3) is 0 Å². The maximum atomic E-state index is 14.4. The number of carboxylic acids is 1. The van der Waals surface area contributed by atoms with E-state index in [1.54, 1.807) is 30.3 Å². The first-order valence-corrected chi connectivity index (χ1v) is 14.9. The number of para-hydroxylation sites is 1. The third kappa shape index (κ3) is 5.89. The number of nitrogens with zero attached hydrogens (tertiary/aromatic N) is 3. The molecule has 2 fully saturated rings. The van der Waals surface area contributed by atoms with Crippen LogP contribution in [0.5, 0.6) is 5.75 Å². The second-order valence-electron chi connectivity index (χ2n) is 11.7. The lowest BCUT2D eigenvalue weighted by atomic mass is 9.75. The van der Waals surface area contributed by atoms with Gasteiger partial charge >= 0.3 is 5.97 Å². The number of hydrogen-bond acceptors (Lipinski definition) is 5. The number of rotatable bonds is 9. The minimum absolute atomic E-state index is 0.121. The van der Waals surface area contributed by atoms with E-state index in [-0.39, 0.29) is 30.0 Å². The first-order chi connectivity index (χ1) is 20.3. The van der Waals surface area contributed by atoms with Crippen LogP contribution in [0.1, 0.15) is 53.5 Å². The molecule has 0 radical (unpaired) electrons. The Morgan fingerprint density at radius 3 is 2.57 bits per heavy atom. The lowest BCUT2D eigenvalue weighted by molar-refractivity contribution is -0.0593. The van der Waals surface area contributed by atoms with Crippen molar-refractivity contribution >= 4 is 28.6 Å². The van der Waals surface area contributed by atoms with E-state index in [9.17, 15) is 14.3 Å². The summed E-state index contributed by atoms with van der Waals surface area (Å²) in [4.78, 5) is 19.0. The molecule has 42 heavy (non-hydrogen) atoms. The lowest BCUT2D eigenvalue weighted by Crippen LogP contribution is -2.43. The number of carbonyl (C=O) groups is 1. The second-order valence-corrected chi connectivity index (χ2v) is 12.1. The fourth-order valence-electron chi connectivity index (χ4n) is 6.56. The first kappa shape index (κ1) is 28.6. The number of fused-ring (bicyclic) bond motifs is 1. The van der Waals surface area contributed by atoms with Crippen LogP contribution in [0.2, 0.25) is 5.02 Å². The number of ether oxygens (including phenoxy) is 2. The van der Waals surface area contributed by atoms with Gasteiger partial charge in [-0.15, -0.1) is 0 Å². The van der Waals surface area contributed by atoms with Crippen LogP contribution in [0.25, 0.3) is 11.0 Å². The number of hydrogen-bond donors (Lipinski definition) is 1. The highest BCUT2D eigenvalue weighted by atomic mass is 35.5. The van der Waals surface area contributed by atoms with E-state index in [4.69, 9.17) is 26.1 Å². The van der Waals surface area contributed by atoms with Gasteiger partial charge in [0.1, 0.15) is 24.0 Å². The van der Waals surface area contributed by atoms with Gasteiger partial charge in [-0.25, -0.2) is 14.2 Å². The summed E-state index contributed by atoms with van der Waals surface area (Å²) in [6.07, 6.45) is 1.11. The van der Waals surface area contributed by atoms with Gasteiger partial charge in [-0.2, -0.15) is 0 Å². The Bertz CT molecular complexity index is 1590. The Hall–Kier alpha value is -3.46. The summed E-state index contributed by atoms with van der Waals surface area (Å²) in [5.41, 5.74) is 3.50. The van der Waals surface area contributed by atoms with Crippen LogP contribution in [-0.2, 0) is 24.4 Å². The van der Waals surface area contributed by atoms with Crippen molar-refractivity contribution in [3.8, 4) is 5.75 Å². The monoisotopic (exact) mass is 591 g/mol. The molecule has 3 atom stereocenters. The fraction of sp³-hybridized carbons (Fsp3) is 0.394. The minimum Gasteiger partial charge on any atom is -0.489 e. The van der Waals surface area contributed by atoms with Crippen LogP contribution in [-0.4, -0.2) is 51.3 Å². The topological polar surface area (TPSA) is 76.8 Å². The molecule has 2 saturated heterocycles. The SMILES string of the molecule is CC1CN(Cc2nc3ccc(C(=O)O)cc3n2C[C@@H]2CCO2)CC(C)C1c1ccccc1OCc1ccc(Cl)cc1F. The molecule has 0 amide bonds. The Balaban J connectivity index is 1.20. The zero-order valence-electron chi connectivity index (χ0n) is 23.8. The molecule has 2 unspecified atom stereocenters. The Morgan fingerprint density at radius 1 is 1.12 bits per heavy atom. The van der Waals surface area contributed by atoms with Gasteiger partial charge in [-0.05, 0) is 66.1 Å². The average Bonchev–Trinajstić information content (AvgIpc) is 3.26. The quantitative estimate of drug-likeness (QED) is 0.232. The van der Waals surface area contributed by atoms with Crippen molar-refractivity contribution in [1.29, 1.82) is 0 Å². The van der Waals surface area contributed by atoms with Crippen molar-refractivity contribution in [2.45, 2.75) is 52.0 Å². The molecule has 220 valence electrons. The van der Waals surface area contributed by atoms with E-state index >= 15 is 0 Å². The number of likely N-dealkylation sites (tertiary alicyclic amines) is 1.